The fourth-order valence-corrected chi connectivity index (χ4v) is 7.07. The number of unbranched alkanes of at least 4 members (excludes halogenated alkanes) is 3. The van der Waals surface area contributed by atoms with Gasteiger partial charge in [-0.05, 0) is 87.8 Å². The molecule has 2 rings (SSSR count). The van der Waals surface area contributed by atoms with Gasteiger partial charge in [0.2, 0.25) is 0 Å². The van der Waals surface area contributed by atoms with Crippen LogP contribution < -0.4 is 0 Å². The fraction of sp³-hybridized carbons (Fsp3) is 0.903. The van der Waals surface area contributed by atoms with Crippen LogP contribution in [0, 0.1) is 11.8 Å². The second-order valence-corrected chi connectivity index (χ2v) is 17.9. The lowest BCUT2D eigenvalue weighted by molar-refractivity contribution is -0.196. The largest absolute Gasteiger partial charge is 0.481 e. The summed E-state index contributed by atoms with van der Waals surface area (Å²) in [6.45, 7) is 14.6. The van der Waals surface area contributed by atoms with Crippen LogP contribution in [0.1, 0.15) is 118 Å². The minimum absolute atomic E-state index is 0.00248. The summed E-state index contributed by atoms with van der Waals surface area (Å²) in [6.07, 6.45) is 16.9. The maximum atomic E-state index is 11.1. The van der Waals surface area contributed by atoms with Crippen molar-refractivity contribution >= 4 is 14.3 Å². The molecule has 1 saturated heterocycles. The molecule has 2 aliphatic rings. The fourth-order valence-electron chi connectivity index (χ4n) is 5.65. The van der Waals surface area contributed by atoms with Crippen LogP contribution in [0.15, 0.2) is 12.2 Å². The molecule has 2 fully saturated rings. The summed E-state index contributed by atoms with van der Waals surface area (Å²) in [5.41, 5.74) is 0. The van der Waals surface area contributed by atoms with E-state index in [4.69, 9.17) is 19.0 Å². The van der Waals surface area contributed by atoms with Crippen molar-refractivity contribution in [3.05, 3.63) is 12.2 Å². The van der Waals surface area contributed by atoms with E-state index in [-0.39, 0.29) is 41.8 Å². The number of carboxylic acids is 1. The van der Waals surface area contributed by atoms with E-state index >= 15 is 0 Å². The Morgan fingerprint density at radius 1 is 1.11 bits per heavy atom. The van der Waals surface area contributed by atoms with Gasteiger partial charge in [-0.1, -0.05) is 59.1 Å². The molecule has 6 atom stereocenters. The van der Waals surface area contributed by atoms with Crippen molar-refractivity contribution in [2.24, 2.45) is 11.8 Å². The predicted octanol–water partition coefficient (Wildman–Crippen LogP) is 7.85. The van der Waals surface area contributed by atoms with Gasteiger partial charge >= 0.3 is 5.97 Å². The Morgan fingerprint density at radius 3 is 2.50 bits per heavy atom. The van der Waals surface area contributed by atoms with Gasteiger partial charge in [0.05, 0.1) is 12.2 Å². The molecule has 0 aromatic heterocycles. The van der Waals surface area contributed by atoms with Gasteiger partial charge in [0.15, 0.2) is 14.6 Å². The number of carbonyl (C=O) groups is 1. The Bertz CT molecular complexity index is 697. The number of ether oxygens (including phenoxy) is 2. The predicted molar refractivity (Wildman–Crippen MR) is 157 cm³/mol. The Balaban J connectivity index is 2.10. The molecule has 7 heteroatoms. The lowest BCUT2D eigenvalue weighted by atomic mass is 9.85. The summed E-state index contributed by atoms with van der Waals surface area (Å²) < 4.78 is 19.4. The Kier molecular flexibility index (Phi) is 14.5. The highest BCUT2D eigenvalue weighted by molar-refractivity contribution is 6.74. The average Bonchev–Trinajstić information content (AvgIpc) is 3.12. The topological polar surface area (TPSA) is 85.2 Å². The molecule has 0 spiro atoms. The molecule has 0 aromatic rings. The van der Waals surface area contributed by atoms with E-state index in [0.717, 1.165) is 58.0 Å². The van der Waals surface area contributed by atoms with Crippen molar-refractivity contribution in [3.8, 4) is 0 Å². The number of allylic oxidation sites excluding steroid dienone is 2. The van der Waals surface area contributed by atoms with Crippen molar-refractivity contribution in [1.29, 1.82) is 0 Å². The number of aliphatic hydroxyl groups is 1. The Morgan fingerprint density at radius 2 is 1.87 bits per heavy atom. The monoisotopic (exact) mass is 554 g/mol. The van der Waals surface area contributed by atoms with Gasteiger partial charge in [-0.3, -0.25) is 4.79 Å². The molecule has 2 N–H and O–H groups in total. The maximum absolute atomic E-state index is 11.1. The Labute approximate surface area is 234 Å². The van der Waals surface area contributed by atoms with E-state index in [9.17, 15) is 9.90 Å². The molecular weight excluding hydrogens is 496 g/mol. The smallest absolute Gasteiger partial charge is 0.303 e. The van der Waals surface area contributed by atoms with E-state index in [1.165, 1.54) is 19.3 Å². The van der Waals surface area contributed by atoms with E-state index < -0.39 is 20.4 Å². The summed E-state index contributed by atoms with van der Waals surface area (Å²) in [4.78, 5) is 10.8. The number of carboxylic acid groups (broad SMARTS) is 1. The second-order valence-electron chi connectivity index (χ2n) is 13.2. The lowest BCUT2D eigenvalue weighted by Crippen LogP contribution is -2.44. The van der Waals surface area contributed by atoms with E-state index in [2.05, 4.69) is 52.9 Å². The quantitative estimate of drug-likeness (QED) is 0.108. The molecule has 1 heterocycles. The zero-order valence-electron chi connectivity index (χ0n) is 25.3. The molecule has 1 saturated carbocycles. The first-order chi connectivity index (χ1) is 17.9. The maximum Gasteiger partial charge on any atom is 0.303 e. The van der Waals surface area contributed by atoms with Crippen LogP contribution in [0.3, 0.4) is 0 Å². The van der Waals surface area contributed by atoms with Gasteiger partial charge in [0.25, 0.3) is 0 Å². The number of aliphatic hydroxyl groups excluding tert-OH is 1. The van der Waals surface area contributed by atoms with Crippen LogP contribution in [0.2, 0.25) is 18.1 Å². The summed E-state index contributed by atoms with van der Waals surface area (Å²) in [7, 11) is -1.88. The standard InChI is InChI=1S/C31H58O6Si/c1-7-8-11-16-24(37-38(5,6)31(2,3)4)20-21-26-25(17-12-9-10-13-18-29(33)34)27(32)23-28(26)36-30-19-14-15-22-35-30/h9,12,24-28,30,32H,7-8,10-11,13-23H2,1-6H3,(H,33,34)/b12-9-/t24-,25-,26-,27+,28?,30?/m1/s1. The van der Waals surface area contributed by atoms with Gasteiger partial charge in [-0.15, -0.1) is 0 Å². The van der Waals surface area contributed by atoms with Gasteiger partial charge in [0, 0.05) is 25.6 Å². The summed E-state index contributed by atoms with van der Waals surface area (Å²) >= 11 is 0. The minimum Gasteiger partial charge on any atom is -0.481 e. The van der Waals surface area contributed by atoms with Crippen LogP contribution in [0.25, 0.3) is 0 Å². The average molecular weight is 555 g/mol. The number of aliphatic carboxylic acids is 1. The Hall–Kier alpha value is -0.733. The third-order valence-corrected chi connectivity index (χ3v) is 13.6. The molecule has 2 unspecified atom stereocenters. The van der Waals surface area contributed by atoms with Crippen molar-refractivity contribution in [2.75, 3.05) is 6.61 Å². The minimum atomic E-state index is -1.88. The summed E-state index contributed by atoms with van der Waals surface area (Å²) in [5.74, 6) is -0.345. The van der Waals surface area contributed by atoms with Crippen molar-refractivity contribution < 1.29 is 28.9 Å². The molecule has 6 nitrogen and oxygen atoms in total. The van der Waals surface area contributed by atoms with Crippen molar-refractivity contribution in [2.45, 2.75) is 160 Å². The lowest BCUT2D eigenvalue weighted by Gasteiger charge is -2.40. The highest BCUT2D eigenvalue weighted by Gasteiger charge is 2.44. The van der Waals surface area contributed by atoms with Crippen LogP contribution in [-0.2, 0) is 18.7 Å². The van der Waals surface area contributed by atoms with Gasteiger partial charge in [0.1, 0.15) is 0 Å². The number of hydrogen-bond donors (Lipinski definition) is 2. The highest BCUT2D eigenvalue weighted by atomic mass is 28.4. The second kappa shape index (κ2) is 16.5. The van der Waals surface area contributed by atoms with E-state index in [1.54, 1.807) is 0 Å². The van der Waals surface area contributed by atoms with Crippen LogP contribution in [0.5, 0.6) is 0 Å². The molecule has 1 aliphatic heterocycles. The zero-order chi connectivity index (χ0) is 28.2. The first-order valence-electron chi connectivity index (χ1n) is 15.4. The van der Waals surface area contributed by atoms with Gasteiger partial charge in [-0.2, -0.15) is 0 Å². The molecule has 0 radical (unpaired) electrons. The SMILES string of the molecule is CCCCC[C@H](CC[C@H]1C(OC2CCCCO2)C[C@H](O)[C@@H]1C/C=C\CCCC(=O)O)O[Si](C)(C)C(C)(C)C. The number of hydrogen-bond acceptors (Lipinski definition) is 5. The zero-order valence-corrected chi connectivity index (χ0v) is 26.3. The van der Waals surface area contributed by atoms with E-state index in [1.807, 2.05) is 0 Å². The third-order valence-electron chi connectivity index (χ3n) is 9.02. The normalized spacial score (nSPS) is 27.7. The van der Waals surface area contributed by atoms with Crippen LogP contribution >= 0.6 is 0 Å². The molecule has 0 bridgehead atoms. The first-order valence-corrected chi connectivity index (χ1v) is 18.3. The van der Waals surface area contributed by atoms with Crippen molar-refractivity contribution in [1.82, 2.24) is 0 Å². The van der Waals surface area contributed by atoms with Gasteiger partial charge in [-0.25, -0.2) is 0 Å². The van der Waals surface area contributed by atoms with Gasteiger partial charge < -0.3 is 24.1 Å². The molecule has 222 valence electrons. The molecule has 0 aromatic carbocycles. The summed E-state index contributed by atoms with van der Waals surface area (Å²) in [5, 5.41) is 20.2. The van der Waals surface area contributed by atoms with E-state index in [0.29, 0.717) is 12.8 Å². The third kappa shape index (κ3) is 11.4. The molecule has 0 amide bonds. The van der Waals surface area contributed by atoms with Crippen molar-refractivity contribution in [3.63, 3.8) is 0 Å². The molecule has 38 heavy (non-hydrogen) atoms. The first kappa shape index (κ1) is 33.5. The molecule has 1 aliphatic carbocycles. The van der Waals surface area contributed by atoms with Crippen LogP contribution in [-0.4, -0.2) is 55.7 Å². The highest BCUT2D eigenvalue weighted by Crippen LogP contribution is 2.43. The van der Waals surface area contributed by atoms with Crippen LogP contribution in [0.4, 0.5) is 0 Å². The number of rotatable bonds is 17. The molecular formula is C31H58O6Si. The summed E-state index contributed by atoms with van der Waals surface area (Å²) in [6, 6.07) is 0.